The predicted molar refractivity (Wildman–Crippen MR) is 238 cm³/mol. The van der Waals surface area contributed by atoms with Crippen molar-refractivity contribution in [2.24, 2.45) is 4.99 Å². The zero-order valence-corrected chi connectivity index (χ0v) is 31.7. The van der Waals surface area contributed by atoms with Gasteiger partial charge in [-0.1, -0.05) is 135 Å². The van der Waals surface area contributed by atoms with E-state index in [1.807, 2.05) is 0 Å². The van der Waals surface area contributed by atoms with Crippen LogP contribution in [0.25, 0.3) is 71.3 Å². The third-order valence-corrected chi connectivity index (χ3v) is 12.5. The zero-order valence-electron chi connectivity index (χ0n) is 31.7. The lowest BCUT2D eigenvalue weighted by Gasteiger charge is -2.32. The normalized spacial score (nSPS) is 16.0. The van der Waals surface area contributed by atoms with Crippen LogP contribution in [0.2, 0.25) is 0 Å². The highest BCUT2D eigenvalue weighted by atomic mass is 15.1. The highest BCUT2D eigenvalue weighted by Gasteiger charge is 2.42. The second-order valence-corrected chi connectivity index (χ2v) is 16.0. The van der Waals surface area contributed by atoms with Crippen molar-refractivity contribution in [2.45, 2.75) is 25.4 Å². The summed E-state index contributed by atoms with van der Waals surface area (Å²) in [5.41, 5.74) is 15.2. The van der Waals surface area contributed by atoms with Crippen molar-refractivity contribution in [3.8, 4) is 11.4 Å². The molecule has 4 heteroatoms. The first kappa shape index (κ1) is 32.1. The number of nitrogens with one attached hydrogen (secondary N) is 1. The average Bonchev–Trinajstić information content (AvgIpc) is 3.85. The maximum Gasteiger partial charge on any atom is 0.145 e. The first-order valence-corrected chi connectivity index (χ1v) is 19.8. The van der Waals surface area contributed by atoms with Crippen LogP contribution in [-0.4, -0.2) is 14.8 Å². The van der Waals surface area contributed by atoms with Gasteiger partial charge in [0.25, 0.3) is 0 Å². The molecular weight excluding hydrogens is 693 g/mol. The maximum atomic E-state index is 5.64. The Hall–Kier alpha value is -7.17. The zero-order chi connectivity index (χ0) is 37.8. The first-order chi connectivity index (χ1) is 28.0. The van der Waals surface area contributed by atoms with Crippen molar-refractivity contribution in [1.29, 1.82) is 0 Å². The van der Waals surface area contributed by atoms with Gasteiger partial charge in [0.05, 0.1) is 27.8 Å². The Kier molecular flexibility index (Phi) is 6.71. The van der Waals surface area contributed by atoms with Gasteiger partial charge in [-0.05, 0) is 88.1 Å². The Bertz CT molecular complexity index is 3340. The quantitative estimate of drug-likeness (QED) is 0.192. The van der Waals surface area contributed by atoms with Crippen LogP contribution in [0.1, 0.15) is 42.3 Å². The lowest BCUT2D eigenvalue weighted by atomic mass is 9.84. The Morgan fingerprint density at radius 3 is 1.82 bits per heavy atom. The molecule has 1 aliphatic heterocycles. The molecule has 1 atom stereocenters. The van der Waals surface area contributed by atoms with E-state index in [1.165, 1.54) is 76.8 Å². The third-order valence-electron chi connectivity index (χ3n) is 12.5. The van der Waals surface area contributed by atoms with Gasteiger partial charge in [-0.15, -0.1) is 0 Å². The second-order valence-electron chi connectivity index (χ2n) is 16.0. The SMILES string of the molecule is CC1(C)C2=C(C(c3ccc4c(c3)c3ccccc3n4-c3ccccc3)=NC(c3ccc(-n4c5ccccc5c5cc6ccccc6cc54)cc3)N2)c2ccccc21. The summed E-state index contributed by atoms with van der Waals surface area (Å²) in [6.45, 7) is 4.68. The van der Waals surface area contributed by atoms with E-state index in [0.717, 1.165) is 28.2 Å². The van der Waals surface area contributed by atoms with Crippen molar-refractivity contribution in [3.63, 3.8) is 0 Å². The van der Waals surface area contributed by atoms with Gasteiger partial charge in [-0.2, -0.15) is 0 Å². The minimum atomic E-state index is -0.259. The lowest BCUT2D eigenvalue weighted by molar-refractivity contribution is 0.517. The number of fused-ring (bicyclic) bond motifs is 9. The summed E-state index contributed by atoms with van der Waals surface area (Å²) in [7, 11) is 0. The van der Waals surface area contributed by atoms with E-state index >= 15 is 0 Å². The van der Waals surface area contributed by atoms with E-state index in [0.29, 0.717) is 0 Å². The van der Waals surface area contributed by atoms with Gasteiger partial charge in [0.15, 0.2) is 0 Å². The number of aromatic nitrogens is 2. The molecule has 12 rings (SSSR count). The van der Waals surface area contributed by atoms with Crippen LogP contribution in [0.4, 0.5) is 0 Å². The van der Waals surface area contributed by atoms with E-state index in [2.05, 4.69) is 210 Å². The van der Waals surface area contributed by atoms with E-state index in [-0.39, 0.29) is 11.6 Å². The molecule has 270 valence electrons. The number of aliphatic imine (C=N–C) groups is 1. The smallest absolute Gasteiger partial charge is 0.145 e. The van der Waals surface area contributed by atoms with Gasteiger partial charge in [0.1, 0.15) is 6.17 Å². The summed E-state index contributed by atoms with van der Waals surface area (Å²) >= 11 is 0. The molecule has 0 bridgehead atoms. The molecule has 0 radical (unpaired) electrons. The fourth-order valence-electron chi connectivity index (χ4n) is 9.78. The summed E-state index contributed by atoms with van der Waals surface area (Å²) < 4.78 is 4.78. The van der Waals surface area contributed by atoms with E-state index in [4.69, 9.17) is 4.99 Å². The average molecular weight is 731 g/mol. The molecule has 2 aromatic heterocycles. The van der Waals surface area contributed by atoms with Crippen LogP contribution < -0.4 is 5.32 Å². The molecule has 57 heavy (non-hydrogen) atoms. The summed E-state index contributed by atoms with van der Waals surface area (Å²) in [4.78, 5) is 5.64. The van der Waals surface area contributed by atoms with Gasteiger partial charge >= 0.3 is 0 Å². The molecule has 0 fully saturated rings. The highest BCUT2D eigenvalue weighted by molar-refractivity contribution is 6.35. The Morgan fingerprint density at radius 2 is 1.07 bits per heavy atom. The van der Waals surface area contributed by atoms with Crippen LogP contribution in [0, 0.1) is 0 Å². The molecule has 2 aliphatic rings. The van der Waals surface area contributed by atoms with Crippen LogP contribution in [0.3, 0.4) is 0 Å². The summed E-state index contributed by atoms with van der Waals surface area (Å²) in [6, 6.07) is 66.3. The molecule has 10 aromatic rings. The van der Waals surface area contributed by atoms with Crippen molar-refractivity contribution >= 4 is 65.7 Å². The van der Waals surface area contributed by atoms with Gasteiger partial charge in [0.2, 0.25) is 0 Å². The van der Waals surface area contributed by atoms with E-state index < -0.39 is 0 Å². The van der Waals surface area contributed by atoms with Crippen LogP contribution in [0.5, 0.6) is 0 Å². The van der Waals surface area contributed by atoms with Crippen LogP contribution >= 0.6 is 0 Å². The van der Waals surface area contributed by atoms with Crippen LogP contribution in [-0.2, 0) is 5.41 Å². The number of benzene rings is 8. The highest BCUT2D eigenvalue weighted by Crippen LogP contribution is 2.49. The molecule has 1 aliphatic carbocycles. The standard InChI is InChI=1S/C53H38N4/c1-53(2)44-21-11-8-20-41(44)49-50(36-26-29-47-42(31-36)39-18-9-12-22-45(39)56(47)37-16-4-3-5-17-37)54-52(55-51(49)53)33-24-27-38(28-25-33)57-46-23-13-10-19-40(46)43-30-34-14-6-7-15-35(34)32-48(43)57/h3-32,52,55H,1-2H3. The Morgan fingerprint density at radius 1 is 0.491 bits per heavy atom. The molecule has 8 aromatic carbocycles. The molecule has 0 spiro atoms. The minimum absolute atomic E-state index is 0.218. The largest absolute Gasteiger partial charge is 0.362 e. The van der Waals surface area contributed by atoms with Crippen molar-refractivity contribution < 1.29 is 0 Å². The van der Waals surface area contributed by atoms with Gasteiger partial charge in [-0.3, -0.25) is 4.99 Å². The first-order valence-electron chi connectivity index (χ1n) is 19.8. The predicted octanol–water partition coefficient (Wildman–Crippen LogP) is 12.8. The summed E-state index contributed by atoms with van der Waals surface area (Å²) in [5.74, 6) is 0. The molecular formula is C53H38N4. The molecule has 1 N–H and O–H groups in total. The monoisotopic (exact) mass is 730 g/mol. The second kappa shape index (κ2) is 11.9. The van der Waals surface area contributed by atoms with Crippen molar-refractivity contribution in [2.75, 3.05) is 0 Å². The Balaban J connectivity index is 1.02. The number of hydrogen-bond donors (Lipinski definition) is 1. The van der Waals surface area contributed by atoms with Crippen molar-refractivity contribution in [3.05, 3.63) is 210 Å². The van der Waals surface area contributed by atoms with Crippen molar-refractivity contribution in [1.82, 2.24) is 14.5 Å². The van der Waals surface area contributed by atoms with Gasteiger partial charge in [0, 0.05) is 55.2 Å². The minimum Gasteiger partial charge on any atom is -0.362 e. The Labute approximate surface area is 330 Å². The van der Waals surface area contributed by atoms with E-state index in [1.54, 1.807) is 0 Å². The molecule has 0 amide bonds. The molecule has 4 nitrogen and oxygen atoms in total. The number of nitrogens with zero attached hydrogens (tertiary/aromatic N) is 3. The maximum absolute atomic E-state index is 5.64. The molecule has 0 saturated carbocycles. The topological polar surface area (TPSA) is 34.2 Å². The van der Waals surface area contributed by atoms with Crippen LogP contribution in [0.15, 0.2) is 193 Å². The number of rotatable bonds is 4. The molecule has 0 saturated heterocycles. The third kappa shape index (κ3) is 4.65. The van der Waals surface area contributed by atoms with Gasteiger partial charge in [-0.25, -0.2) is 0 Å². The number of hydrogen-bond acceptors (Lipinski definition) is 2. The lowest BCUT2D eigenvalue weighted by Crippen LogP contribution is -2.34. The number of allylic oxidation sites excluding steroid dienone is 2. The summed E-state index contributed by atoms with van der Waals surface area (Å²) in [6.07, 6.45) is -0.259. The molecule has 3 heterocycles. The number of para-hydroxylation sites is 3. The van der Waals surface area contributed by atoms with Gasteiger partial charge < -0.3 is 14.5 Å². The van der Waals surface area contributed by atoms with E-state index in [9.17, 15) is 0 Å². The fourth-order valence-corrected chi connectivity index (χ4v) is 9.78. The molecule has 1 unspecified atom stereocenters. The fraction of sp³-hybridized carbons (Fsp3) is 0.0755. The summed E-state index contributed by atoms with van der Waals surface area (Å²) in [5, 5.41) is 11.5.